The van der Waals surface area contributed by atoms with Crippen molar-refractivity contribution < 1.29 is 8.78 Å². The Labute approximate surface area is 135 Å². The molecule has 2 saturated carbocycles. The van der Waals surface area contributed by atoms with Crippen LogP contribution in [-0.4, -0.2) is 0 Å². The molecule has 0 bridgehead atoms. The molecule has 0 spiro atoms. The third kappa shape index (κ3) is 4.80. The number of allylic oxidation sites excluding steroid dienone is 2. The van der Waals surface area contributed by atoms with Crippen LogP contribution in [0.25, 0.3) is 0 Å². The van der Waals surface area contributed by atoms with Gasteiger partial charge >= 0.3 is 0 Å². The van der Waals surface area contributed by atoms with Gasteiger partial charge in [0, 0.05) is 11.8 Å². The Morgan fingerprint density at radius 1 is 0.636 bits per heavy atom. The summed E-state index contributed by atoms with van der Waals surface area (Å²) in [7, 11) is 0. The van der Waals surface area contributed by atoms with Gasteiger partial charge < -0.3 is 0 Å². The molecular formula is C20H34F2. The van der Waals surface area contributed by atoms with Crippen LogP contribution in [0, 0.1) is 23.7 Å². The first-order valence-electron chi connectivity index (χ1n) is 9.70. The lowest BCUT2D eigenvalue weighted by atomic mass is 9.76. The Kier molecular flexibility index (Phi) is 7.37. The van der Waals surface area contributed by atoms with Crippen molar-refractivity contribution in [2.45, 2.75) is 90.9 Å². The molecule has 2 aliphatic carbocycles. The maximum atomic E-state index is 14.5. The molecule has 2 aliphatic rings. The number of hydrogen-bond acceptors (Lipinski definition) is 0. The fourth-order valence-corrected chi connectivity index (χ4v) is 4.62. The SMILES string of the molecule is CCC[C@H]1CC[C@H](C(F)=C(F)[C@H]2CC[C@H](CCC)CC2)CC1. The molecule has 2 rings (SSSR count). The van der Waals surface area contributed by atoms with Crippen LogP contribution in [0.4, 0.5) is 8.78 Å². The second kappa shape index (κ2) is 9.03. The maximum absolute atomic E-state index is 14.5. The second-order valence-corrected chi connectivity index (χ2v) is 7.71. The monoisotopic (exact) mass is 312 g/mol. The summed E-state index contributed by atoms with van der Waals surface area (Å²) >= 11 is 0. The standard InChI is InChI=1S/C20H34F2/c1-3-5-15-7-11-17(12-8-15)19(21)20(22)18-13-9-16(6-4-2)10-14-18/h15-18H,3-14H2,1-2H3/t15-,16-,17-,18-. The topological polar surface area (TPSA) is 0 Å². The predicted octanol–water partition coefficient (Wildman–Crippen LogP) is 7.35. The van der Waals surface area contributed by atoms with Crippen LogP contribution in [0.3, 0.4) is 0 Å². The molecule has 0 aromatic heterocycles. The van der Waals surface area contributed by atoms with E-state index in [1.807, 2.05) is 0 Å². The van der Waals surface area contributed by atoms with Crippen molar-refractivity contribution in [2.24, 2.45) is 23.7 Å². The van der Waals surface area contributed by atoms with Crippen LogP contribution >= 0.6 is 0 Å². The third-order valence-electron chi connectivity index (χ3n) is 6.03. The molecule has 0 aromatic rings. The summed E-state index contributed by atoms with van der Waals surface area (Å²) in [6.45, 7) is 4.42. The van der Waals surface area contributed by atoms with Gasteiger partial charge in [0.2, 0.25) is 0 Å². The first kappa shape index (κ1) is 17.9. The zero-order chi connectivity index (χ0) is 15.9. The molecule has 0 atom stereocenters. The Morgan fingerprint density at radius 3 is 1.23 bits per heavy atom. The molecule has 0 aliphatic heterocycles. The highest BCUT2D eigenvalue weighted by Gasteiger charge is 2.30. The summed E-state index contributed by atoms with van der Waals surface area (Å²) in [5.41, 5.74) is 0. The molecule has 2 heteroatoms. The highest BCUT2D eigenvalue weighted by molar-refractivity contribution is 5.09. The average Bonchev–Trinajstić information content (AvgIpc) is 2.55. The fourth-order valence-electron chi connectivity index (χ4n) is 4.62. The smallest absolute Gasteiger partial charge is 0.135 e. The maximum Gasteiger partial charge on any atom is 0.135 e. The summed E-state index contributed by atoms with van der Waals surface area (Å²) < 4.78 is 29.1. The van der Waals surface area contributed by atoms with E-state index in [1.165, 1.54) is 25.7 Å². The molecule has 0 saturated heterocycles. The van der Waals surface area contributed by atoms with Crippen LogP contribution in [0.15, 0.2) is 11.7 Å². The lowest BCUT2D eigenvalue weighted by molar-refractivity contribution is 0.228. The van der Waals surface area contributed by atoms with Crippen molar-refractivity contribution in [1.29, 1.82) is 0 Å². The Hall–Kier alpha value is -0.400. The van der Waals surface area contributed by atoms with E-state index in [4.69, 9.17) is 0 Å². The molecule has 0 heterocycles. The van der Waals surface area contributed by atoms with E-state index in [0.29, 0.717) is 0 Å². The van der Waals surface area contributed by atoms with Crippen molar-refractivity contribution in [3.05, 3.63) is 11.7 Å². The Bertz CT molecular complexity index is 311. The van der Waals surface area contributed by atoms with E-state index in [1.54, 1.807) is 0 Å². The van der Waals surface area contributed by atoms with Crippen LogP contribution in [0.1, 0.15) is 90.9 Å². The predicted molar refractivity (Wildman–Crippen MR) is 90.0 cm³/mol. The van der Waals surface area contributed by atoms with Crippen molar-refractivity contribution in [3.63, 3.8) is 0 Å². The molecule has 128 valence electrons. The highest BCUT2D eigenvalue weighted by Crippen LogP contribution is 2.42. The van der Waals surface area contributed by atoms with E-state index >= 15 is 0 Å². The Balaban J connectivity index is 1.85. The van der Waals surface area contributed by atoms with E-state index in [-0.39, 0.29) is 23.5 Å². The van der Waals surface area contributed by atoms with Crippen molar-refractivity contribution in [1.82, 2.24) is 0 Å². The van der Waals surface area contributed by atoms with Gasteiger partial charge in [0.25, 0.3) is 0 Å². The van der Waals surface area contributed by atoms with Crippen molar-refractivity contribution in [3.8, 4) is 0 Å². The van der Waals surface area contributed by atoms with Gasteiger partial charge in [-0.05, 0) is 63.2 Å². The number of hydrogen-bond donors (Lipinski definition) is 0. The molecule has 0 N–H and O–H groups in total. The van der Waals surface area contributed by atoms with E-state index in [9.17, 15) is 8.78 Å². The number of halogens is 2. The molecule has 22 heavy (non-hydrogen) atoms. The molecule has 0 amide bonds. The largest absolute Gasteiger partial charge is 0.209 e. The normalized spacial score (nSPS) is 34.4. The van der Waals surface area contributed by atoms with E-state index < -0.39 is 0 Å². The van der Waals surface area contributed by atoms with E-state index in [2.05, 4.69) is 13.8 Å². The first-order valence-corrected chi connectivity index (χ1v) is 9.70. The molecule has 0 radical (unpaired) electrons. The highest BCUT2D eigenvalue weighted by atomic mass is 19.2. The summed E-state index contributed by atoms with van der Waals surface area (Å²) in [4.78, 5) is 0. The minimum Gasteiger partial charge on any atom is -0.209 e. The van der Waals surface area contributed by atoms with Gasteiger partial charge in [0.05, 0.1) is 0 Å². The van der Waals surface area contributed by atoms with Gasteiger partial charge in [-0.1, -0.05) is 39.5 Å². The minimum absolute atomic E-state index is 0.124. The molecule has 2 fully saturated rings. The lowest BCUT2D eigenvalue weighted by Crippen LogP contribution is -2.19. The summed E-state index contributed by atoms with van der Waals surface area (Å²) in [5.74, 6) is 0.494. The molecule has 0 unspecified atom stereocenters. The van der Waals surface area contributed by atoms with Crippen LogP contribution < -0.4 is 0 Å². The Morgan fingerprint density at radius 2 is 0.955 bits per heavy atom. The van der Waals surface area contributed by atoms with E-state index in [0.717, 1.165) is 63.2 Å². The van der Waals surface area contributed by atoms with Crippen molar-refractivity contribution in [2.75, 3.05) is 0 Å². The zero-order valence-corrected chi connectivity index (χ0v) is 14.6. The van der Waals surface area contributed by atoms with Gasteiger partial charge in [-0.2, -0.15) is 0 Å². The number of rotatable bonds is 6. The third-order valence-corrected chi connectivity index (χ3v) is 6.03. The van der Waals surface area contributed by atoms with Gasteiger partial charge in [-0.25, -0.2) is 8.78 Å². The van der Waals surface area contributed by atoms with Gasteiger partial charge in [-0.15, -0.1) is 0 Å². The fraction of sp³-hybridized carbons (Fsp3) is 0.900. The summed E-state index contributed by atoms with van der Waals surface area (Å²) in [5, 5.41) is 0. The van der Waals surface area contributed by atoms with Gasteiger partial charge in [-0.3, -0.25) is 0 Å². The summed E-state index contributed by atoms with van der Waals surface area (Å²) in [6.07, 6.45) is 12.7. The zero-order valence-electron chi connectivity index (χ0n) is 14.6. The van der Waals surface area contributed by atoms with Crippen LogP contribution in [0.5, 0.6) is 0 Å². The summed E-state index contributed by atoms with van der Waals surface area (Å²) in [6, 6.07) is 0. The molecular weight excluding hydrogens is 278 g/mol. The average molecular weight is 312 g/mol. The second-order valence-electron chi connectivity index (χ2n) is 7.71. The van der Waals surface area contributed by atoms with Crippen LogP contribution in [0.2, 0.25) is 0 Å². The van der Waals surface area contributed by atoms with Gasteiger partial charge in [0.15, 0.2) is 0 Å². The first-order chi connectivity index (χ1) is 10.7. The quantitative estimate of drug-likeness (QED) is 0.481. The van der Waals surface area contributed by atoms with Crippen LogP contribution in [-0.2, 0) is 0 Å². The minimum atomic E-state index is -0.381. The lowest BCUT2D eigenvalue weighted by Gasteiger charge is -2.30. The van der Waals surface area contributed by atoms with Gasteiger partial charge in [0.1, 0.15) is 11.7 Å². The van der Waals surface area contributed by atoms with Crippen molar-refractivity contribution >= 4 is 0 Å². The molecule has 0 aromatic carbocycles. The molecule has 0 nitrogen and oxygen atoms in total.